The quantitative estimate of drug-likeness (QED) is 0.908. The van der Waals surface area contributed by atoms with E-state index in [0.29, 0.717) is 6.04 Å². The molecule has 4 heteroatoms. The molecule has 1 fully saturated rings. The number of nitrogens with one attached hydrogen (secondary N) is 1. The van der Waals surface area contributed by atoms with Crippen LogP contribution in [0.25, 0.3) is 0 Å². The van der Waals surface area contributed by atoms with Crippen LogP contribution in [0.1, 0.15) is 23.2 Å². The molecule has 1 amide bonds. The van der Waals surface area contributed by atoms with Crippen LogP contribution in [0.15, 0.2) is 28.7 Å². The van der Waals surface area contributed by atoms with Crippen LogP contribution in [0.4, 0.5) is 0 Å². The lowest BCUT2D eigenvalue weighted by molar-refractivity contribution is 0.0708. The van der Waals surface area contributed by atoms with Crippen molar-refractivity contribution in [1.29, 1.82) is 0 Å². The molecule has 0 aliphatic carbocycles. The Balaban J connectivity index is 2.05. The van der Waals surface area contributed by atoms with Crippen LogP contribution < -0.4 is 5.32 Å². The molecular weight excluding hydrogens is 280 g/mol. The van der Waals surface area contributed by atoms with Crippen LogP contribution in [0.5, 0.6) is 0 Å². The number of piperidine rings is 1. The van der Waals surface area contributed by atoms with Crippen LogP contribution in [-0.4, -0.2) is 37.0 Å². The standard InChI is InChI=1S/C13H17BrN2O/c1-16(12-3-2-8-15-9-12)13(17)10-4-6-11(14)7-5-10/h4-7,12,15H,2-3,8-9H2,1H3/t12-/m1/s1. The van der Waals surface area contributed by atoms with Gasteiger partial charge in [0.2, 0.25) is 0 Å². The van der Waals surface area contributed by atoms with Crippen molar-refractivity contribution >= 4 is 21.8 Å². The van der Waals surface area contributed by atoms with Crippen LogP contribution in [-0.2, 0) is 0 Å². The van der Waals surface area contributed by atoms with Crippen molar-refractivity contribution in [2.24, 2.45) is 0 Å². The zero-order valence-electron chi connectivity index (χ0n) is 9.95. The van der Waals surface area contributed by atoms with Crippen molar-refractivity contribution in [3.8, 4) is 0 Å². The summed E-state index contributed by atoms with van der Waals surface area (Å²) in [5.41, 5.74) is 0.751. The summed E-state index contributed by atoms with van der Waals surface area (Å²) in [6.07, 6.45) is 2.23. The maximum absolute atomic E-state index is 12.2. The lowest BCUT2D eigenvalue weighted by Crippen LogP contribution is -2.46. The molecule has 1 aromatic rings. The van der Waals surface area contributed by atoms with Gasteiger partial charge in [-0.1, -0.05) is 15.9 Å². The normalized spacial score (nSPS) is 20.0. The Bertz CT molecular complexity index is 385. The van der Waals surface area contributed by atoms with Crippen LogP contribution in [0.2, 0.25) is 0 Å². The van der Waals surface area contributed by atoms with E-state index in [4.69, 9.17) is 0 Å². The van der Waals surface area contributed by atoms with Gasteiger partial charge in [-0.05, 0) is 43.7 Å². The van der Waals surface area contributed by atoms with E-state index in [9.17, 15) is 4.79 Å². The largest absolute Gasteiger partial charge is 0.337 e. The summed E-state index contributed by atoms with van der Waals surface area (Å²) in [5, 5.41) is 3.33. The van der Waals surface area contributed by atoms with Gasteiger partial charge in [0.15, 0.2) is 0 Å². The van der Waals surface area contributed by atoms with Crippen LogP contribution in [0.3, 0.4) is 0 Å². The summed E-state index contributed by atoms with van der Waals surface area (Å²) in [6, 6.07) is 7.85. The third-order valence-corrected chi connectivity index (χ3v) is 3.76. The zero-order valence-corrected chi connectivity index (χ0v) is 11.5. The molecule has 2 rings (SSSR count). The highest BCUT2D eigenvalue weighted by Gasteiger charge is 2.22. The lowest BCUT2D eigenvalue weighted by atomic mass is 10.1. The predicted octanol–water partition coefficient (Wildman–Crippen LogP) is 2.27. The number of hydrogen-bond acceptors (Lipinski definition) is 2. The molecule has 17 heavy (non-hydrogen) atoms. The number of rotatable bonds is 2. The third-order valence-electron chi connectivity index (χ3n) is 3.23. The first kappa shape index (κ1) is 12.6. The fraction of sp³-hybridized carbons (Fsp3) is 0.462. The first-order valence-electron chi connectivity index (χ1n) is 5.92. The topological polar surface area (TPSA) is 32.3 Å². The van der Waals surface area contributed by atoms with Gasteiger partial charge in [-0.2, -0.15) is 0 Å². The van der Waals surface area contributed by atoms with Gasteiger partial charge in [0, 0.05) is 29.7 Å². The minimum atomic E-state index is 0.103. The fourth-order valence-electron chi connectivity index (χ4n) is 2.13. The molecule has 3 nitrogen and oxygen atoms in total. The summed E-state index contributed by atoms with van der Waals surface area (Å²) >= 11 is 3.37. The van der Waals surface area contributed by atoms with Crippen molar-refractivity contribution < 1.29 is 4.79 Å². The number of hydrogen-bond donors (Lipinski definition) is 1. The van der Waals surface area contributed by atoms with Crippen molar-refractivity contribution in [2.45, 2.75) is 18.9 Å². The smallest absolute Gasteiger partial charge is 0.253 e. The first-order valence-corrected chi connectivity index (χ1v) is 6.71. The SMILES string of the molecule is CN(C(=O)c1ccc(Br)cc1)[C@@H]1CCCNC1. The van der Waals surface area contributed by atoms with E-state index in [1.165, 1.54) is 0 Å². The minimum absolute atomic E-state index is 0.103. The predicted molar refractivity (Wildman–Crippen MR) is 72.1 cm³/mol. The molecule has 1 aromatic carbocycles. The van der Waals surface area contributed by atoms with E-state index in [1.807, 2.05) is 36.2 Å². The molecule has 1 aliphatic heterocycles. The molecule has 0 aromatic heterocycles. The maximum atomic E-state index is 12.2. The van der Waals surface area contributed by atoms with E-state index in [1.54, 1.807) is 0 Å². The zero-order chi connectivity index (χ0) is 12.3. The highest BCUT2D eigenvalue weighted by atomic mass is 79.9. The van der Waals surface area contributed by atoms with Gasteiger partial charge in [0.25, 0.3) is 5.91 Å². The summed E-state index contributed by atoms with van der Waals surface area (Å²) in [4.78, 5) is 14.1. The molecule has 92 valence electrons. The second-order valence-corrected chi connectivity index (χ2v) is 5.34. The molecule has 0 radical (unpaired) electrons. The summed E-state index contributed by atoms with van der Waals surface area (Å²) in [5.74, 6) is 0.103. The molecule has 1 saturated heterocycles. The van der Waals surface area contributed by atoms with Crippen LogP contribution >= 0.6 is 15.9 Å². The Morgan fingerprint density at radius 3 is 2.71 bits per heavy atom. The van der Waals surface area contributed by atoms with Gasteiger partial charge >= 0.3 is 0 Å². The summed E-state index contributed by atoms with van der Waals surface area (Å²) in [6.45, 7) is 1.97. The molecular formula is C13H17BrN2O. The number of carbonyl (C=O) groups is 1. The van der Waals surface area contributed by atoms with Crippen LogP contribution in [0, 0.1) is 0 Å². The van der Waals surface area contributed by atoms with E-state index < -0.39 is 0 Å². The van der Waals surface area contributed by atoms with E-state index in [2.05, 4.69) is 21.2 Å². The molecule has 1 N–H and O–H groups in total. The first-order chi connectivity index (χ1) is 8.18. The fourth-order valence-corrected chi connectivity index (χ4v) is 2.39. The Hall–Kier alpha value is -0.870. The highest BCUT2D eigenvalue weighted by molar-refractivity contribution is 9.10. The average molecular weight is 297 g/mol. The van der Waals surface area contributed by atoms with Crippen molar-refractivity contribution in [3.63, 3.8) is 0 Å². The highest BCUT2D eigenvalue weighted by Crippen LogP contribution is 2.15. The second-order valence-electron chi connectivity index (χ2n) is 4.42. The number of likely N-dealkylation sites (N-methyl/N-ethyl adjacent to an activating group) is 1. The molecule has 1 atom stereocenters. The Morgan fingerprint density at radius 1 is 1.41 bits per heavy atom. The number of halogens is 1. The third kappa shape index (κ3) is 3.07. The number of carbonyl (C=O) groups excluding carboxylic acids is 1. The Kier molecular flexibility index (Phi) is 4.18. The molecule has 0 saturated carbocycles. The maximum Gasteiger partial charge on any atom is 0.253 e. The number of amides is 1. The monoisotopic (exact) mass is 296 g/mol. The molecule has 0 bridgehead atoms. The summed E-state index contributed by atoms with van der Waals surface area (Å²) < 4.78 is 0.996. The van der Waals surface area contributed by atoms with Gasteiger partial charge < -0.3 is 10.2 Å². The number of benzene rings is 1. The summed E-state index contributed by atoms with van der Waals surface area (Å²) in [7, 11) is 1.89. The van der Waals surface area contributed by atoms with E-state index in [-0.39, 0.29) is 5.91 Å². The van der Waals surface area contributed by atoms with Gasteiger partial charge in [-0.3, -0.25) is 4.79 Å². The minimum Gasteiger partial charge on any atom is -0.337 e. The molecule has 0 unspecified atom stereocenters. The Labute approximate surface area is 110 Å². The van der Waals surface area contributed by atoms with Crippen molar-refractivity contribution in [2.75, 3.05) is 20.1 Å². The lowest BCUT2D eigenvalue weighted by Gasteiger charge is -2.31. The average Bonchev–Trinajstić information content (AvgIpc) is 2.39. The second kappa shape index (κ2) is 5.65. The Morgan fingerprint density at radius 2 is 2.12 bits per heavy atom. The van der Waals surface area contributed by atoms with E-state index in [0.717, 1.165) is 36.0 Å². The molecule has 0 spiro atoms. The van der Waals surface area contributed by atoms with Gasteiger partial charge in [0.1, 0.15) is 0 Å². The van der Waals surface area contributed by atoms with Gasteiger partial charge in [-0.15, -0.1) is 0 Å². The van der Waals surface area contributed by atoms with Crippen molar-refractivity contribution in [1.82, 2.24) is 10.2 Å². The molecule has 1 aliphatic rings. The van der Waals surface area contributed by atoms with E-state index >= 15 is 0 Å². The molecule has 1 heterocycles. The van der Waals surface area contributed by atoms with Gasteiger partial charge in [0.05, 0.1) is 0 Å². The van der Waals surface area contributed by atoms with Crippen molar-refractivity contribution in [3.05, 3.63) is 34.3 Å². The van der Waals surface area contributed by atoms with Gasteiger partial charge in [-0.25, -0.2) is 0 Å². The number of nitrogens with zero attached hydrogens (tertiary/aromatic N) is 1.